The molecule has 0 saturated heterocycles. The van der Waals surface area contributed by atoms with E-state index in [1.165, 1.54) is 6.07 Å². The maximum Gasteiger partial charge on any atom is 0.150 e. The largest absolute Gasteiger partial charge is 0.237 e. The van der Waals surface area contributed by atoms with Crippen LogP contribution in [0.1, 0.15) is 5.56 Å². The van der Waals surface area contributed by atoms with Crippen molar-refractivity contribution in [3.05, 3.63) is 29.6 Å². The Morgan fingerprint density at radius 3 is 2.64 bits per heavy atom. The predicted molar refractivity (Wildman–Crippen MR) is 43.4 cm³/mol. The van der Waals surface area contributed by atoms with E-state index >= 15 is 0 Å². The van der Waals surface area contributed by atoms with Crippen LogP contribution < -0.4 is 0 Å². The van der Waals surface area contributed by atoms with E-state index in [0.29, 0.717) is 5.56 Å². The Labute approximate surface area is 71.1 Å². The molecule has 0 spiro atoms. The molecule has 4 heteroatoms. The van der Waals surface area contributed by atoms with Crippen LogP contribution >= 0.6 is 10.7 Å². The fourth-order valence-corrected chi connectivity index (χ4v) is 1.59. The Morgan fingerprint density at radius 2 is 2.18 bits per heavy atom. The number of rotatable bonds is 1. The quantitative estimate of drug-likeness (QED) is 0.625. The van der Waals surface area contributed by atoms with Crippen molar-refractivity contribution in [2.75, 3.05) is 0 Å². The first kappa shape index (κ1) is 8.68. The third-order valence-corrected chi connectivity index (χ3v) is 2.49. The summed E-state index contributed by atoms with van der Waals surface area (Å²) in [5, 5.41) is 0. The van der Waals surface area contributed by atoms with Gasteiger partial charge in [0, 0.05) is 0 Å². The van der Waals surface area contributed by atoms with Crippen LogP contribution in [0.15, 0.2) is 23.1 Å². The minimum absolute atomic E-state index is 0.0478. The highest BCUT2D eigenvalue weighted by atomic mass is 35.7. The predicted octanol–water partition coefficient (Wildman–Crippen LogP) is 2.40. The van der Waals surface area contributed by atoms with Gasteiger partial charge in [0.05, 0.1) is 4.90 Å². The Morgan fingerprint density at radius 1 is 1.55 bits per heavy atom. The van der Waals surface area contributed by atoms with Gasteiger partial charge in [0.25, 0.3) is 0 Å². The summed E-state index contributed by atoms with van der Waals surface area (Å²) in [4.78, 5) is 0.0478. The molecule has 0 heterocycles. The number of hydrogen-bond donors (Lipinski definition) is 0. The van der Waals surface area contributed by atoms with Crippen LogP contribution in [0.2, 0.25) is 0 Å². The lowest BCUT2D eigenvalue weighted by atomic mass is 10.2. The van der Waals surface area contributed by atoms with Gasteiger partial charge in [-0.15, -0.1) is 0 Å². The van der Waals surface area contributed by atoms with Gasteiger partial charge in [-0.25, -0.2) is 8.60 Å². The van der Waals surface area contributed by atoms with E-state index in [2.05, 4.69) is 0 Å². The van der Waals surface area contributed by atoms with Gasteiger partial charge in [-0.3, -0.25) is 0 Å². The van der Waals surface area contributed by atoms with Crippen LogP contribution in [-0.2, 0) is 10.0 Å². The Bertz CT molecular complexity index is 300. The van der Waals surface area contributed by atoms with E-state index in [9.17, 15) is 8.60 Å². The summed E-state index contributed by atoms with van der Waals surface area (Å²) in [5.41, 5.74) is 0.455. The molecule has 0 saturated carbocycles. The van der Waals surface area contributed by atoms with Gasteiger partial charge in [-0.05, 0) is 29.2 Å². The summed E-state index contributed by atoms with van der Waals surface area (Å²) < 4.78 is 23.6. The molecular formula is C7H6ClFOS. The van der Waals surface area contributed by atoms with E-state index in [-0.39, 0.29) is 4.90 Å². The van der Waals surface area contributed by atoms with Crippen LogP contribution in [-0.4, -0.2) is 4.21 Å². The maximum atomic E-state index is 13.0. The van der Waals surface area contributed by atoms with Gasteiger partial charge < -0.3 is 0 Å². The van der Waals surface area contributed by atoms with Crippen molar-refractivity contribution >= 4 is 20.7 Å². The molecule has 0 bridgehead atoms. The fourth-order valence-electron chi connectivity index (χ4n) is 0.744. The average molecular weight is 193 g/mol. The smallest absolute Gasteiger partial charge is 0.150 e. The third-order valence-electron chi connectivity index (χ3n) is 1.33. The van der Waals surface area contributed by atoms with Crippen molar-refractivity contribution in [3.63, 3.8) is 0 Å². The average Bonchev–Trinajstić information content (AvgIpc) is 1.94. The normalized spacial score (nSPS) is 13.0. The molecule has 0 amide bonds. The standard InChI is InChI=1S/C7H6ClFOS/c1-5-3-2-4-6(7(5)9)11(8)10/h2-4H,1H3. The summed E-state index contributed by atoms with van der Waals surface area (Å²) in [6, 6.07) is 4.63. The minimum Gasteiger partial charge on any atom is -0.237 e. The molecule has 11 heavy (non-hydrogen) atoms. The number of halogens is 2. The summed E-state index contributed by atoms with van der Waals surface area (Å²) in [6.45, 7) is 1.60. The Balaban J connectivity index is 3.27. The molecule has 1 aromatic rings. The van der Waals surface area contributed by atoms with Crippen molar-refractivity contribution in [1.29, 1.82) is 0 Å². The van der Waals surface area contributed by atoms with E-state index in [4.69, 9.17) is 10.7 Å². The van der Waals surface area contributed by atoms with Crippen molar-refractivity contribution in [1.82, 2.24) is 0 Å². The summed E-state index contributed by atoms with van der Waals surface area (Å²) in [6.07, 6.45) is 0. The zero-order chi connectivity index (χ0) is 8.43. The fraction of sp³-hybridized carbons (Fsp3) is 0.143. The maximum absolute atomic E-state index is 13.0. The zero-order valence-corrected chi connectivity index (χ0v) is 7.38. The molecule has 1 aromatic carbocycles. The van der Waals surface area contributed by atoms with Crippen molar-refractivity contribution in [2.24, 2.45) is 0 Å². The molecule has 1 rings (SSSR count). The van der Waals surface area contributed by atoms with Crippen LogP contribution in [0.3, 0.4) is 0 Å². The number of aryl methyl sites for hydroxylation is 1. The van der Waals surface area contributed by atoms with Gasteiger partial charge in [0.1, 0.15) is 5.82 Å². The van der Waals surface area contributed by atoms with Crippen molar-refractivity contribution in [3.8, 4) is 0 Å². The Kier molecular flexibility index (Phi) is 2.62. The van der Waals surface area contributed by atoms with Crippen molar-refractivity contribution in [2.45, 2.75) is 11.8 Å². The van der Waals surface area contributed by atoms with Crippen LogP contribution in [0.25, 0.3) is 0 Å². The Hall–Kier alpha value is -0.410. The molecule has 0 N–H and O–H groups in total. The highest BCUT2D eigenvalue weighted by Crippen LogP contribution is 2.17. The van der Waals surface area contributed by atoms with Crippen LogP contribution in [0.5, 0.6) is 0 Å². The van der Waals surface area contributed by atoms with Crippen molar-refractivity contribution < 1.29 is 8.60 Å². The highest BCUT2D eigenvalue weighted by Gasteiger charge is 2.08. The van der Waals surface area contributed by atoms with Gasteiger partial charge in [0.15, 0.2) is 10.0 Å². The molecular weight excluding hydrogens is 187 g/mol. The van der Waals surface area contributed by atoms with E-state index in [0.717, 1.165) is 0 Å². The summed E-state index contributed by atoms with van der Waals surface area (Å²) in [7, 11) is 3.46. The molecule has 1 unspecified atom stereocenters. The molecule has 1 nitrogen and oxygen atoms in total. The van der Waals surface area contributed by atoms with E-state index in [1.54, 1.807) is 19.1 Å². The molecule has 0 aliphatic rings. The lowest BCUT2D eigenvalue weighted by molar-refractivity contribution is 0.588. The van der Waals surface area contributed by atoms with Crippen LogP contribution in [0.4, 0.5) is 4.39 Å². The lowest BCUT2D eigenvalue weighted by Crippen LogP contribution is -1.90. The van der Waals surface area contributed by atoms with Crippen LogP contribution in [0, 0.1) is 12.7 Å². The number of benzene rings is 1. The lowest BCUT2D eigenvalue weighted by Gasteiger charge is -1.98. The topological polar surface area (TPSA) is 17.1 Å². The molecule has 0 radical (unpaired) electrons. The van der Waals surface area contributed by atoms with E-state index < -0.39 is 15.8 Å². The first-order chi connectivity index (χ1) is 5.13. The number of hydrogen-bond acceptors (Lipinski definition) is 1. The minimum atomic E-state index is -1.75. The zero-order valence-electron chi connectivity index (χ0n) is 5.80. The molecule has 0 aliphatic heterocycles. The molecule has 0 aliphatic carbocycles. The van der Waals surface area contributed by atoms with Gasteiger partial charge >= 0.3 is 0 Å². The highest BCUT2D eigenvalue weighted by molar-refractivity contribution is 8.08. The summed E-state index contributed by atoms with van der Waals surface area (Å²) in [5.74, 6) is -0.485. The molecule has 1 atom stereocenters. The van der Waals surface area contributed by atoms with Gasteiger partial charge in [-0.2, -0.15) is 0 Å². The summed E-state index contributed by atoms with van der Waals surface area (Å²) >= 11 is 0. The second-order valence-electron chi connectivity index (χ2n) is 2.11. The van der Waals surface area contributed by atoms with E-state index in [1.807, 2.05) is 0 Å². The molecule has 0 fully saturated rings. The monoisotopic (exact) mass is 192 g/mol. The second-order valence-corrected chi connectivity index (χ2v) is 3.84. The van der Waals surface area contributed by atoms with Gasteiger partial charge in [0.2, 0.25) is 0 Å². The second kappa shape index (κ2) is 3.32. The third kappa shape index (κ3) is 1.79. The molecule has 60 valence electrons. The first-order valence-corrected chi connectivity index (χ1v) is 4.93. The van der Waals surface area contributed by atoms with Gasteiger partial charge in [-0.1, -0.05) is 12.1 Å². The first-order valence-electron chi connectivity index (χ1n) is 2.96. The SMILES string of the molecule is Cc1cccc(S(=O)Cl)c1F. The molecule has 0 aromatic heterocycles.